The zero-order valence-electron chi connectivity index (χ0n) is 12.5. The minimum Gasteiger partial charge on any atom is -1.00 e. The molecule has 0 aliphatic rings. The number of rotatable bonds is 3. The highest BCUT2D eigenvalue weighted by molar-refractivity contribution is 6.42. The van der Waals surface area contributed by atoms with Gasteiger partial charge in [0.25, 0.3) is 0 Å². The molecule has 2 rings (SSSR count). The smallest absolute Gasteiger partial charge is 0.348 e. The number of guanidine groups is 1. The highest BCUT2D eigenvalue weighted by Gasteiger charge is 2.19. The molecule has 1 aromatic heterocycles. The van der Waals surface area contributed by atoms with E-state index >= 15 is 0 Å². The minimum absolute atomic E-state index is 0. The van der Waals surface area contributed by atoms with Crippen LogP contribution in [0.5, 0.6) is 0 Å². The fourth-order valence-electron chi connectivity index (χ4n) is 1.68. The second kappa shape index (κ2) is 8.91. The Morgan fingerprint density at radius 3 is 2.44 bits per heavy atom. The molecule has 0 unspecified atom stereocenters. The Bertz CT molecular complexity index is 828. The van der Waals surface area contributed by atoms with Gasteiger partial charge in [0.05, 0.1) is 16.6 Å². The normalized spacial score (nSPS) is 10.9. The van der Waals surface area contributed by atoms with Crippen LogP contribution in [0.3, 0.4) is 0 Å². The van der Waals surface area contributed by atoms with Gasteiger partial charge in [-0.05, 0) is 17.7 Å². The largest absolute Gasteiger partial charge is 1.00 e. The standard InChI is InChI=1S/C13H12Cl3N7O.ClH/c14-6-2-1-5(3-7(6)15)4-20-13(19)23-12(24)8-10(17)22-11(18)9(16)21-8;/h1-3H,4H2,(H4,17,18,22)(H3,19,20,23,24);1H. The lowest BCUT2D eigenvalue weighted by Gasteiger charge is -2.04. The van der Waals surface area contributed by atoms with Crippen molar-refractivity contribution >= 4 is 58.3 Å². The number of nitrogens with one attached hydrogen (secondary N) is 2. The Kier molecular flexibility index (Phi) is 7.50. The van der Waals surface area contributed by atoms with Gasteiger partial charge in [-0.3, -0.25) is 10.7 Å². The van der Waals surface area contributed by atoms with E-state index < -0.39 is 5.91 Å². The van der Waals surface area contributed by atoms with Crippen molar-refractivity contribution in [1.29, 1.82) is 0 Å². The molecule has 25 heavy (non-hydrogen) atoms. The second-order valence-corrected chi connectivity index (χ2v) is 5.78. The van der Waals surface area contributed by atoms with Gasteiger partial charge in [0.1, 0.15) is 0 Å². The van der Waals surface area contributed by atoms with Crippen LogP contribution in [0.4, 0.5) is 11.6 Å². The number of amides is 1. The number of hydrogen-bond donors (Lipinski definition) is 5. The van der Waals surface area contributed by atoms with E-state index in [4.69, 9.17) is 52.0 Å². The van der Waals surface area contributed by atoms with E-state index in [1.54, 1.807) is 18.2 Å². The van der Waals surface area contributed by atoms with Crippen LogP contribution < -0.4 is 39.9 Å². The number of hydrogen-bond acceptors (Lipinski definition) is 5. The van der Waals surface area contributed by atoms with Crippen molar-refractivity contribution < 1.29 is 22.2 Å². The fourth-order valence-corrected chi connectivity index (χ4v) is 2.13. The van der Waals surface area contributed by atoms with E-state index in [-0.39, 0.29) is 40.8 Å². The van der Waals surface area contributed by atoms with Crippen LogP contribution in [-0.4, -0.2) is 21.8 Å². The lowest BCUT2D eigenvalue weighted by atomic mass is 10.2. The van der Waals surface area contributed by atoms with Crippen molar-refractivity contribution in [1.82, 2.24) is 15.3 Å². The SMILES string of the molecule is NC(NC(=O)c1nc(Cl)c(N)nc1N)=[NH+]Cc1ccc(Cl)c(Cl)c1.[Cl-]. The van der Waals surface area contributed by atoms with Crippen LogP contribution in [0.15, 0.2) is 18.2 Å². The molecule has 1 heterocycles. The number of benzene rings is 1. The van der Waals surface area contributed by atoms with Crippen LogP contribution >= 0.6 is 34.8 Å². The van der Waals surface area contributed by atoms with Gasteiger partial charge in [-0.1, -0.05) is 40.9 Å². The number of nitrogen functional groups attached to an aromatic ring is 2. The molecule has 12 heteroatoms. The molecule has 8 N–H and O–H groups in total. The molecule has 1 aromatic carbocycles. The Balaban J connectivity index is 0.00000312. The van der Waals surface area contributed by atoms with Crippen LogP contribution in [0, 0.1) is 0 Å². The summed E-state index contributed by atoms with van der Waals surface area (Å²) >= 11 is 17.5. The van der Waals surface area contributed by atoms with Crippen molar-refractivity contribution in [2.75, 3.05) is 11.5 Å². The first kappa shape index (κ1) is 21.0. The van der Waals surface area contributed by atoms with E-state index in [1.807, 2.05) is 0 Å². The van der Waals surface area contributed by atoms with Gasteiger partial charge in [-0.25, -0.2) is 20.1 Å². The summed E-state index contributed by atoms with van der Waals surface area (Å²) in [5, 5.41) is 3.11. The summed E-state index contributed by atoms with van der Waals surface area (Å²) in [6.07, 6.45) is 0. The zero-order chi connectivity index (χ0) is 17.9. The molecule has 2 aromatic rings. The van der Waals surface area contributed by atoms with Crippen LogP contribution in [0.25, 0.3) is 0 Å². The summed E-state index contributed by atoms with van der Waals surface area (Å²) in [5.74, 6) is -0.923. The van der Waals surface area contributed by atoms with Crippen molar-refractivity contribution in [3.8, 4) is 0 Å². The van der Waals surface area contributed by atoms with E-state index in [0.29, 0.717) is 16.6 Å². The first-order valence-corrected chi connectivity index (χ1v) is 7.61. The highest BCUT2D eigenvalue weighted by Crippen LogP contribution is 2.22. The predicted octanol–water partition coefficient (Wildman–Crippen LogP) is -3.07. The Morgan fingerprint density at radius 2 is 1.80 bits per heavy atom. The average molecular weight is 425 g/mol. The summed E-state index contributed by atoms with van der Waals surface area (Å²) in [4.78, 5) is 22.4. The molecular weight excluding hydrogens is 412 g/mol. The summed E-state index contributed by atoms with van der Waals surface area (Å²) < 4.78 is 0. The van der Waals surface area contributed by atoms with E-state index in [9.17, 15) is 4.79 Å². The number of nitrogens with zero attached hydrogens (tertiary/aromatic N) is 2. The first-order chi connectivity index (χ1) is 11.3. The molecule has 0 bridgehead atoms. The van der Waals surface area contributed by atoms with Gasteiger partial charge < -0.3 is 23.9 Å². The van der Waals surface area contributed by atoms with Gasteiger partial charge in [-0.2, -0.15) is 0 Å². The average Bonchev–Trinajstić information content (AvgIpc) is 2.52. The van der Waals surface area contributed by atoms with Gasteiger partial charge in [0.15, 0.2) is 22.5 Å². The maximum Gasteiger partial charge on any atom is 0.348 e. The molecule has 134 valence electrons. The second-order valence-electron chi connectivity index (χ2n) is 4.60. The number of halogens is 4. The lowest BCUT2D eigenvalue weighted by Crippen LogP contribution is -3.00. The van der Waals surface area contributed by atoms with Crippen molar-refractivity contribution in [3.05, 3.63) is 44.7 Å². The molecule has 1 amide bonds. The van der Waals surface area contributed by atoms with Gasteiger partial charge >= 0.3 is 11.9 Å². The predicted molar refractivity (Wildman–Crippen MR) is 93.7 cm³/mol. The molecule has 0 aliphatic heterocycles. The van der Waals surface area contributed by atoms with Crippen molar-refractivity contribution in [3.63, 3.8) is 0 Å². The first-order valence-electron chi connectivity index (χ1n) is 6.48. The third kappa shape index (κ3) is 5.50. The quantitative estimate of drug-likeness (QED) is 0.261. The van der Waals surface area contributed by atoms with E-state index in [2.05, 4.69) is 20.3 Å². The monoisotopic (exact) mass is 423 g/mol. The summed E-state index contributed by atoms with van der Waals surface area (Å²) in [7, 11) is 0. The number of anilines is 2. The minimum atomic E-state index is -0.680. The number of nitrogens with two attached hydrogens (primary N) is 3. The van der Waals surface area contributed by atoms with Crippen molar-refractivity contribution in [2.45, 2.75) is 6.54 Å². The molecular formula is C13H13Cl4N7O. The van der Waals surface area contributed by atoms with E-state index in [0.717, 1.165) is 5.56 Å². The molecule has 0 aliphatic carbocycles. The van der Waals surface area contributed by atoms with Crippen molar-refractivity contribution in [2.24, 2.45) is 5.73 Å². The molecule has 0 radical (unpaired) electrons. The third-order valence-corrected chi connectivity index (χ3v) is 3.85. The molecule has 0 atom stereocenters. The molecule has 8 nitrogen and oxygen atoms in total. The Morgan fingerprint density at radius 1 is 1.12 bits per heavy atom. The summed E-state index contributed by atoms with van der Waals surface area (Å²) in [6, 6.07) is 5.09. The van der Waals surface area contributed by atoms with Crippen LogP contribution in [0.1, 0.15) is 16.1 Å². The topological polar surface area (TPSA) is 147 Å². The summed E-state index contributed by atoms with van der Waals surface area (Å²) in [5.41, 5.74) is 17.4. The molecule has 0 spiro atoms. The van der Waals surface area contributed by atoms with Gasteiger partial charge in [-0.15, -0.1) is 0 Å². The molecule has 0 fully saturated rings. The number of carbonyl (C=O) groups is 1. The zero-order valence-corrected chi connectivity index (χ0v) is 15.5. The Labute approximate surface area is 164 Å². The maximum absolute atomic E-state index is 12.1. The number of aromatic nitrogens is 2. The third-order valence-electron chi connectivity index (χ3n) is 2.84. The lowest BCUT2D eigenvalue weighted by molar-refractivity contribution is -0.478. The number of carbonyl (C=O) groups excluding carboxylic acids is 1. The highest BCUT2D eigenvalue weighted by atomic mass is 35.5. The summed E-state index contributed by atoms with van der Waals surface area (Å²) in [6.45, 7) is 0.312. The van der Waals surface area contributed by atoms with Gasteiger partial charge in [0, 0.05) is 0 Å². The van der Waals surface area contributed by atoms with Gasteiger partial charge in [0.2, 0.25) is 0 Å². The maximum atomic E-state index is 12.1. The fraction of sp³-hybridized carbons (Fsp3) is 0.0769. The van der Waals surface area contributed by atoms with Crippen LogP contribution in [0.2, 0.25) is 15.2 Å². The Hall–Kier alpha value is -2.00. The molecule has 0 saturated heterocycles. The molecule has 0 saturated carbocycles. The van der Waals surface area contributed by atoms with Crippen LogP contribution in [-0.2, 0) is 6.54 Å². The van der Waals surface area contributed by atoms with E-state index in [1.165, 1.54) is 0 Å².